The Bertz CT molecular complexity index is 467. The van der Waals surface area contributed by atoms with Crippen molar-refractivity contribution in [1.82, 2.24) is 4.90 Å². The average Bonchev–Trinajstić information content (AvgIpc) is 2.44. The van der Waals surface area contributed by atoms with Crippen molar-refractivity contribution < 1.29 is 14.6 Å². The van der Waals surface area contributed by atoms with Gasteiger partial charge in [-0.3, -0.25) is 0 Å². The van der Waals surface area contributed by atoms with Crippen LogP contribution in [0, 0.1) is 5.92 Å². The topological polar surface area (TPSA) is 41.9 Å². The summed E-state index contributed by atoms with van der Waals surface area (Å²) in [6.07, 6.45) is 1.43. The first-order chi connectivity index (χ1) is 9.56. The molecule has 0 saturated carbocycles. The fourth-order valence-corrected chi connectivity index (χ4v) is 3.42. The van der Waals surface area contributed by atoms with Gasteiger partial charge in [0.15, 0.2) is 11.5 Å². The van der Waals surface area contributed by atoms with Crippen LogP contribution in [-0.2, 0) is 6.42 Å². The van der Waals surface area contributed by atoms with Crippen molar-refractivity contribution in [2.24, 2.45) is 5.92 Å². The first-order valence-electron chi connectivity index (χ1n) is 6.82. The third-order valence-electron chi connectivity index (χ3n) is 3.94. The molecule has 1 saturated heterocycles. The van der Waals surface area contributed by atoms with E-state index < -0.39 is 0 Å². The number of piperidine rings is 1. The number of methoxy groups -OCH3 is 2. The summed E-state index contributed by atoms with van der Waals surface area (Å²) in [5, 5.41) is 10.2. The molecule has 0 bridgehead atoms. The number of aliphatic hydroxyl groups is 1. The Kier molecular flexibility index (Phi) is 5.29. The molecule has 1 N–H and O–H groups in total. The summed E-state index contributed by atoms with van der Waals surface area (Å²) in [5.74, 6) is 1.68. The molecule has 0 amide bonds. The molecule has 2 rings (SSSR count). The van der Waals surface area contributed by atoms with E-state index in [0.29, 0.717) is 11.5 Å². The second kappa shape index (κ2) is 6.78. The van der Waals surface area contributed by atoms with Crippen LogP contribution in [0.5, 0.6) is 11.5 Å². The SMILES string of the molecule is COc1ccc(CC2CN(C)CCC2O)c(Br)c1OC. The average molecular weight is 344 g/mol. The van der Waals surface area contributed by atoms with Gasteiger partial charge in [0, 0.05) is 19.0 Å². The van der Waals surface area contributed by atoms with Crippen molar-refractivity contribution >= 4 is 15.9 Å². The van der Waals surface area contributed by atoms with Crippen LogP contribution in [0.2, 0.25) is 0 Å². The first kappa shape index (κ1) is 15.6. The molecule has 20 heavy (non-hydrogen) atoms. The lowest BCUT2D eigenvalue weighted by molar-refractivity contribution is 0.0365. The predicted molar refractivity (Wildman–Crippen MR) is 82.6 cm³/mol. The zero-order valence-electron chi connectivity index (χ0n) is 12.2. The minimum absolute atomic E-state index is 0.230. The zero-order chi connectivity index (χ0) is 14.7. The number of hydrogen-bond donors (Lipinski definition) is 1. The molecule has 5 heteroatoms. The molecular formula is C15H22BrNO3. The number of likely N-dealkylation sites (tertiary alicyclic amines) is 1. The summed E-state index contributed by atoms with van der Waals surface area (Å²) in [6.45, 7) is 1.88. The Balaban J connectivity index is 2.20. The Morgan fingerprint density at radius 3 is 2.75 bits per heavy atom. The van der Waals surface area contributed by atoms with Crippen molar-refractivity contribution in [1.29, 1.82) is 0 Å². The molecule has 4 nitrogen and oxygen atoms in total. The zero-order valence-corrected chi connectivity index (χ0v) is 13.8. The number of benzene rings is 1. The Morgan fingerprint density at radius 2 is 2.10 bits per heavy atom. The van der Waals surface area contributed by atoms with Gasteiger partial charge in [-0.05, 0) is 47.4 Å². The molecule has 1 aliphatic rings. The summed E-state index contributed by atoms with van der Waals surface area (Å²) < 4.78 is 11.6. The van der Waals surface area contributed by atoms with E-state index in [9.17, 15) is 5.11 Å². The quantitative estimate of drug-likeness (QED) is 0.910. The number of ether oxygens (including phenoxy) is 2. The van der Waals surface area contributed by atoms with Gasteiger partial charge >= 0.3 is 0 Å². The molecule has 2 atom stereocenters. The lowest BCUT2D eigenvalue weighted by Gasteiger charge is -2.34. The lowest BCUT2D eigenvalue weighted by atomic mass is 9.89. The fraction of sp³-hybridized carbons (Fsp3) is 0.600. The molecule has 1 fully saturated rings. The van der Waals surface area contributed by atoms with Gasteiger partial charge in [-0.1, -0.05) is 6.07 Å². The van der Waals surface area contributed by atoms with Crippen LogP contribution in [-0.4, -0.2) is 50.5 Å². The third-order valence-corrected chi connectivity index (χ3v) is 4.81. The summed E-state index contributed by atoms with van der Waals surface area (Å²) in [5.41, 5.74) is 1.14. The highest BCUT2D eigenvalue weighted by Crippen LogP contribution is 2.38. The van der Waals surface area contributed by atoms with E-state index in [4.69, 9.17) is 9.47 Å². The number of nitrogens with zero attached hydrogens (tertiary/aromatic N) is 1. The normalized spacial score (nSPS) is 23.6. The summed E-state index contributed by atoms with van der Waals surface area (Å²) in [4.78, 5) is 2.27. The number of rotatable bonds is 4. The van der Waals surface area contributed by atoms with Crippen LogP contribution in [0.1, 0.15) is 12.0 Å². The van der Waals surface area contributed by atoms with Gasteiger partial charge in [0.05, 0.1) is 24.8 Å². The molecule has 0 aliphatic carbocycles. The second-order valence-corrected chi connectivity index (χ2v) is 6.15. The van der Waals surface area contributed by atoms with Gasteiger partial charge in [0.2, 0.25) is 0 Å². The molecule has 1 aromatic rings. The second-order valence-electron chi connectivity index (χ2n) is 5.36. The maximum atomic E-state index is 10.2. The molecule has 1 aromatic carbocycles. The van der Waals surface area contributed by atoms with Crippen molar-refractivity contribution in [3.63, 3.8) is 0 Å². The van der Waals surface area contributed by atoms with E-state index in [2.05, 4.69) is 27.9 Å². The van der Waals surface area contributed by atoms with Gasteiger partial charge in [0.25, 0.3) is 0 Å². The largest absolute Gasteiger partial charge is 0.493 e. The van der Waals surface area contributed by atoms with Gasteiger partial charge in [-0.2, -0.15) is 0 Å². The Labute approximate surface area is 128 Å². The van der Waals surface area contributed by atoms with Crippen LogP contribution >= 0.6 is 15.9 Å². The maximum Gasteiger partial charge on any atom is 0.175 e. The molecule has 2 unspecified atom stereocenters. The summed E-state index contributed by atoms with van der Waals surface area (Å²) >= 11 is 3.59. The summed E-state index contributed by atoms with van der Waals surface area (Å²) in [7, 11) is 5.36. The fourth-order valence-electron chi connectivity index (χ4n) is 2.77. The third kappa shape index (κ3) is 3.27. The van der Waals surface area contributed by atoms with E-state index in [1.165, 1.54) is 0 Å². The molecule has 1 aliphatic heterocycles. The number of aliphatic hydroxyl groups excluding tert-OH is 1. The predicted octanol–water partition coefficient (Wildman–Crippen LogP) is 2.32. The van der Waals surface area contributed by atoms with Crippen molar-refractivity contribution in [3.8, 4) is 11.5 Å². The van der Waals surface area contributed by atoms with Crippen molar-refractivity contribution in [2.45, 2.75) is 18.9 Å². The standard InChI is InChI=1S/C15H22BrNO3/c1-17-7-6-12(18)11(9-17)8-10-4-5-13(19-2)15(20-3)14(10)16/h4-5,11-12,18H,6-9H2,1-3H3. The molecular weight excluding hydrogens is 322 g/mol. The van der Waals surface area contributed by atoms with Crippen LogP contribution in [0.4, 0.5) is 0 Å². The van der Waals surface area contributed by atoms with E-state index in [1.807, 2.05) is 12.1 Å². The van der Waals surface area contributed by atoms with E-state index in [-0.39, 0.29) is 12.0 Å². The maximum absolute atomic E-state index is 10.2. The minimum atomic E-state index is -0.230. The number of hydrogen-bond acceptors (Lipinski definition) is 4. The lowest BCUT2D eigenvalue weighted by Crippen LogP contribution is -2.42. The first-order valence-corrected chi connectivity index (χ1v) is 7.62. The highest BCUT2D eigenvalue weighted by Gasteiger charge is 2.27. The van der Waals surface area contributed by atoms with Crippen molar-refractivity contribution in [3.05, 3.63) is 22.2 Å². The van der Waals surface area contributed by atoms with Gasteiger partial charge in [0.1, 0.15) is 0 Å². The van der Waals surface area contributed by atoms with E-state index in [0.717, 1.165) is 36.0 Å². The van der Waals surface area contributed by atoms with E-state index >= 15 is 0 Å². The van der Waals surface area contributed by atoms with Crippen LogP contribution in [0.15, 0.2) is 16.6 Å². The molecule has 0 radical (unpaired) electrons. The molecule has 0 spiro atoms. The van der Waals surface area contributed by atoms with Crippen LogP contribution in [0.3, 0.4) is 0 Å². The molecule has 0 aromatic heterocycles. The minimum Gasteiger partial charge on any atom is -0.493 e. The molecule has 112 valence electrons. The molecule has 1 heterocycles. The van der Waals surface area contributed by atoms with Crippen molar-refractivity contribution in [2.75, 3.05) is 34.4 Å². The monoisotopic (exact) mass is 343 g/mol. The number of halogens is 1. The summed E-state index contributed by atoms with van der Waals surface area (Å²) in [6, 6.07) is 3.95. The van der Waals surface area contributed by atoms with Gasteiger partial charge < -0.3 is 19.5 Å². The van der Waals surface area contributed by atoms with E-state index in [1.54, 1.807) is 14.2 Å². The van der Waals surface area contributed by atoms with Crippen LogP contribution < -0.4 is 9.47 Å². The Hall–Kier alpha value is -0.780. The van der Waals surface area contributed by atoms with Gasteiger partial charge in [-0.25, -0.2) is 0 Å². The van der Waals surface area contributed by atoms with Crippen LogP contribution in [0.25, 0.3) is 0 Å². The Morgan fingerprint density at radius 1 is 1.35 bits per heavy atom. The smallest absolute Gasteiger partial charge is 0.175 e. The highest BCUT2D eigenvalue weighted by molar-refractivity contribution is 9.10. The van der Waals surface area contributed by atoms with Gasteiger partial charge in [-0.15, -0.1) is 0 Å². The highest BCUT2D eigenvalue weighted by atomic mass is 79.9.